The van der Waals surface area contributed by atoms with E-state index in [0.717, 1.165) is 23.8 Å². The highest BCUT2D eigenvalue weighted by molar-refractivity contribution is 8.00. The maximum absolute atomic E-state index is 10.7. The summed E-state index contributed by atoms with van der Waals surface area (Å²) in [6.45, 7) is 0. The van der Waals surface area contributed by atoms with E-state index in [9.17, 15) is 4.79 Å². The van der Waals surface area contributed by atoms with Crippen LogP contribution in [0, 0.1) is 5.41 Å². The van der Waals surface area contributed by atoms with E-state index in [4.69, 9.17) is 5.11 Å². The Morgan fingerprint density at radius 2 is 2.18 bits per heavy atom. The fourth-order valence-electron chi connectivity index (χ4n) is 1.08. The lowest BCUT2D eigenvalue weighted by Gasteiger charge is -2.07. The molecular formula is C8H12O2S. The van der Waals surface area contributed by atoms with Gasteiger partial charge in [0.1, 0.15) is 0 Å². The normalized spacial score (nSPS) is 26.5. The van der Waals surface area contributed by atoms with Gasteiger partial charge in [-0.3, -0.25) is 4.79 Å². The quantitative estimate of drug-likeness (QED) is 0.702. The molecule has 0 bridgehead atoms. The van der Waals surface area contributed by atoms with Crippen LogP contribution < -0.4 is 0 Å². The summed E-state index contributed by atoms with van der Waals surface area (Å²) in [6, 6.07) is 0. The van der Waals surface area contributed by atoms with Crippen LogP contribution in [0.15, 0.2) is 0 Å². The number of hydrogen-bond donors (Lipinski definition) is 1. The van der Waals surface area contributed by atoms with Crippen molar-refractivity contribution in [1.29, 1.82) is 0 Å². The maximum atomic E-state index is 10.7. The minimum atomic E-state index is -0.578. The highest BCUT2D eigenvalue weighted by Crippen LogP contribution is 2.50. The Morgan fingerprint density at radius 3 is 2.55 bits per heavy atom. The molecule has 2 saturated carbocycles. The molecule has 3 heteroatoms. The number of carbonyl (C=O) groups is 1. The van der Waals surface area contributed by atoms with Gasteiger partial charge >= 0.3 is 5.97 Å². The van der Waals surface area contributed by atoms with Crippen molar-refractivity contribution in [2.45, 2.75) is 30.9 Å². The van der Waals surface area contributed by atoms with Gasteiger partial charge in [0, 0.05) is 11.0 Å². The molecule has 0 aliphatic heterocycles. The highest BCUT2D eigenvalue weighted by Gasteiger charge is 2.50. The number of carboxylic acid groups (broad SMARTS) is 1. The third-order valence-electron chi connectivity index (χ3n) is 2.43. The molecular weight excluding hydrogens is 160 g/mol. The Hall–Kier alpha value is -0.180. The van der Waals surface area contributed by atoms with Crippen molar-refractivity contribution in [3.05, 3.63) is 0 Å². The SMILES string of the molecule is O=C(O)C1(CSC2CC2)CC1. The molecule has 1 N–H and O–H groups in total. The Bertz CT molecular complexity index is 183. The fraction of sp³-hybridized carbons (Fsp3) is 0.875. The molecule has 0 heterocycles. The maximum Gasteiger partial charge on any atom is 0.310 e. The van der Waals surface area contributed by atoms with Crippen molar-refractivity contribution in [1.82, 2.24) is 0 Å². The average Bonchev–Trinajstić information content (AvgIpc) is 2.82. The first-order valence-corrected chi connectivity index (χ1v) is 5.13. The number of carboxylic acids is 1. The number of aliphatic carboxylic acids is 1. The lowest BCUT2D eigenvalue weighted by molar-refractivity contribution is -0.142. The first-order chi connectivity index (χ1) is 5.23. The second-order valence-corrected chi connectivity index (χ2v) is 4.88. The van der Waals surface area contributed by atoms with Gasteiger partial charge in [0.05, 0.1) is 5.41 Å². The van der Waals surface area contributed by atoms with Crippen LogP contribution >= 0.6 is 11.8 Å². The molecule has 2 nitrogen and oxygen atoms in total. The smallest absolute Gasteiger partial charge is 0.310 e. The van der Waals surface area contributed by atoms with Gasteiger partial charge in [-0.1, -0.05) is 0 Å². The summed E-state index contributed by atoms with van der Waals surface area (Å²) in [5.74, 6) is 0.276. The van der Waals surface area contributed by atoms with Gasteiger partial charge in [0.2, 0.25) is 0 Å². The van der Waals surface area contributed by atoms with E-state index < -0.39 is 5.97 Å². The van der Waals surface area contributed by atoms with E-state index >= 15 is 0 Å². The number of thioether (sulfide) groups is 1. The fourth-order valence-corrected chi connectivity index (χ4v) is 2.52. The van der Waals surface area contributed by atoms with Crippen molar-refractivity contribution in [2.24, 2.45) is 5.41 Å². The second kappa shape index (κ2) is 2.41. The minimum Gasteiger partial charge on any atom is -0.481 e. The van der Waals surface area contributed by atoms with Crippen LogP contribution in [0.1, 0.15) is 25.7 Å². The molecule has 0 aromatic heterocycles. The summed E-state index contributed by atoms with van der Waals surface area (Å²) >= 11 is 1.86. The molecule has 0 amide bonds. The molecule has 2 aliphatic carbocycles. The Morgan fingerprint density at radius 1 is 1.55 bits per heavy atom. The predicted molar refractivity (Wildman–Crippen MR) is 44.8 cm³/mol. The van der Waals surface area contributed by atoms with E-state index in [2.05, 4.69) is 0 Å². The average molecular weight is 172 g/mol. The van der Waals surface area contributed by atoms with Gasteiger partial charge in [-0.15, -0.1) is 0 Å². The van der Waals surface area contributed by atoms with Crippen molar-refractivity contribution in [2.75, 3.05) is 5.75 Å². The van der Waals surface area contributed by atoms with Crippen LogP contribution in [-0.4, -0.2) is 22.1 Å². The zero-order valence-corrected chi connectivity index (χ0v) is 7.19. The Balaban J connectivity index is 1.79. The third-order valence-corrected chi connectivity index (χ3v) is 4.09. The Labute approximate surface area is 70.4 Å². The first kappa shape index (κ1) is 7.47. The monoisotopic (exact) mass is 172 g/mol. The van der Waals surface area contributed by atoms with Crippen molar-refractivity contribution in [3.8, 4) is 0 Å². The minimum absolute atomic E-state index is 0.298. The summed E-state index contributed by atoms with van der Waals surface area (Å²) in [5, 5.41) is 9.62. The topological polar surface area (TPSA) is 37.3 Å². The Kier molecular flexibility index (Phi) is 1.63. The molecule has 0 atom stereocenters. The lowest BCUT2D eigenvalue weighted by Crippen LogP contribution is -2.17. The lowest BCUT2D eigenvalue weighted by atomic mass is 10.1. The van der Waals surface area contributed by atoms with Crippen LogP contribution in [0.2, 0.25) is 0 Å². The van der Waals surface area contributed by atoms with Gasteiger partial charge in [-0.2, -0.15) is 11.8 Å². The molecule has 62 valence electrons. The summed E-state index contributed by atoms with van der Waals surface area (Å²) in [4.78, 5) is 10.7. The standard InChI is InChI=1S/C8H12O2S/c9-7(10)8(3-4-8)5-11-6-1-2-6/h6H,1-5H2,(H,9,10). The molecule has 0 aromatic carbocycles. The molecule has 0 saturated heterocycles. The zero-order chi connectivity index (χ0) is 7.90. The van der Waals surface area contributed by atoms with Crippen LogP contribution in [0.4, 0.5) is 0 Å². The first-order valence-electron chi connectivity index (χ1n) is 4.08. The third kappa shape index (κ3) is 1.53. The summed E-state index contributed by atoms with van der Waals surface area (Å²) < 4.78 is 0. The van der Waals surface area contributed by atoms with E-state index in [1.165, 1.54) is 12.8 Å². The highest BCUT2D eigenvalue weighted by atomic mass is 32.2. The zero-order valence-electron chi connectivity index (χ0n) is 6.38. The van der Waals surface area contributed by atoms with E-state index in [1.54, 1.807) is 0 Å². The molecule has 0 spiro atoms. The summed E-state index contributed by atoms with van der Waals surface area (Å²) in [7, 11) is 0. The number of hydrogen-bond acceptors (Lipinski definition) is 2. The van der Waals surface area contributed by atoms with Gasteiger partial charge in [-0.05, 0) is 25.7 Å². The van der Waals surface area contributed by atoms with Crippen LogP contribution in [0.25, 0.3) is 0 Å². The van der Waals surface area contributed by atoms with E-state index in [-0.39, 0.29) is 5.41 Å². The molecule has 0 radical (unpaired) electrons. The van der Waals surface area contributed by atoms with Crippen LogP contribution in [0.5, 0.6) is 0 Å². The summed E-state index contributed by atoms with van der Waals surface area (Å²) in [6.07, 6.45) is 4.42. The molecule has 2 fully saturated rings. The van der Waals surface area contributed by atoms with Gasteiger partial charge in [-0.25, -0.2) is 0 Å². The van der Waals surface area contributed by atoms with Crippen LogP contribution in [0.3, 0.4) is 0 Å². The molecule has 2 rings (SSSR count). The van der Waals surface area contributed by atoms with E-state index in [0.29, 0.717) is 0 Å². The van der Waals surface area contributed by atoms with Crippen molar-refractivity contribution in [3.63, 3.8) is 0 Å². The van der Waals surface area contributed by atoms with Gasteiger partial charge in [0.15, 0.2) is 0 Å². The number of rotatable bonds is 4. The van der Waals surface area contributed by atoms with Crippen molar-refractivity contribution >= 4 is 17.7 Å². The van der Waals surface area contributed by atoms with E-state index in [1.807, 2.05) is 11.8 Å². The molecule has 0 unspecified atom stereocenters. The van der Waals surface area contributed by atoms with Crippen molar-refractivity contribution < 1.29 is 9.90 Å². The van der Waals surface area contributed by atoms with Gasteiger partial charge in [0.25, 0.3) is 0 Å². The summed E-state index contributed by atoms with van der Waals surface area (Å²) in [5.41, 5.74) is -0.298. The van der Waals surface area contributed by atoms with Gasteiger partial charge < -0.3 is 5.11 Å². The predicted octanol–water partition coefficient (Wildman–Crippen LogP) is 1.75. The molecule has 2 aliphatic rings. The van der Waals surface area contributed by atoms with Crippen LogP contribution in [-0.2, 0) is 4.79 Å². The second-order valence-electron chi connectivity index (χ2n) is 3.60. The molecule has 0 aromatic rings. The molecule has 11 heavy (non-hydrogen) atoms. The largest absolute Gasteiger partial charge is 0.481 e.